The molecule has 1 heterocycles. The van der Waals surface area contributed by atoms with Gasteiger partial charge in [0.25, 0.3) is 0 Å². The number of rotatable bonds is 6. The number of hydrogen-bond donors (Lipinski definition) is 3. The van der Waals surface area contributed by atoms with Gasteiger partial charge in [-0.1, -0.05) is 49.4 Å². The van der Waals surface area contributed by atoms with E-state index in [-0.39, 0.29) is 0 Å². The van der Waals surface area contributed by atoms with Crippen molar-refractivity contribution < 1.29 is 4.74 Å². The number of nitrogens with one attached hydrogen (secondary N) is 3. The molecule has 0 saturated carbocycles. The predicted octanol–water partition coefficient (Wildman–Crippen LogP) is 2.64. The van der Waals surface area contributed by atoms with Crippen molar-refractivity contribution >= 4 is 0 Å². The van der Waals surface area contributed by atoms with Crippen molar-refractivity contribution in [3.05, 3.63) is 65.7 Å². The lowest BCUT2D eigenvalue weighted by Gasteiger charge is -2.19. The van der Waals surface area contributed by atoms with Gasteiger partial charge in [0.15, 0.2) is 0 Å². The van der Waals surface area contributed by atoms with Crippen LogP contribution in [0, 0.1) is 5.92 Å². The Kier molecular flexibility index (Phi) is 5.28. The molecule has 3 N–H and O–H groups in total. The van der Waals surface area contributed by atoms with Gasteiger partial charge in [0.05, 0.1) is 6.04 Å². The highest BCUT2D eigenvalue weighted by atomic mass is 16.5. The highest BCUT2D eigenvalue weighted by Gasteiger charge is 2.32. The highest BCUT2D eigenvalue weighted by Crippen LogP contribution is 2.29. The summed E-state index contributed by atoms with van der Waals surface area (Å²) in [6, 6.07) is 19.4. The third-order valence-corrected chi connectivity index (χ3v) is 4.50. The molecule has 0 bridgehead atoms. The van der Waals surface area contributed by atoms with E-state index in [1.807, 2.05) is 25.2 Å². The number of likely N-dealkylation sites (N-methyl/N-ethyl adjacent to an activating group) is 1. The molecule has 122 valence electrons. The lowest BCUT2D eigenvalue weighted by molar-refractivity contribution is 0.306. The van der Waals surface area contributed by atoms with E-state index in [1.165, 1.54) is 11.1 Å². The van der Waals surface area contributed by atoms with Gasteiger partial charge in [0.1, 0.15) is 12.4 Å². The van der Waals surface area contributed by atoms with Crippen LogP contribution in [0.3, 0.4) is 0 Å². The van der Waals surface area contributed by atoms with E-state index in [2.05, 4.69) is 59.5 Å². The van der Waals surface area contributed by atoms with Crippen molar-refractivity contribution in [1.29, 1.82) is 0 Å². The Labute approximate surface area is 138 Å². The fourth-order valence-electron chi connectivity index (χ4n) is 3.05. The molecule has 3 atom stereocenters. The second-order valence-electron chi connectivity index (χ2n) is 6.13. The molecule has 0 aliphatic carbocycles. The molecule has 4 nitrogen and oxygen atoms in total. The zero-order chi connectivity index (χ0) is 16.1. The lowest BCUT2D eigenvalue weighted by Crippen LogP contribution is -2.38. The van der Waals surface area contributed by atoms with Crippen LogP contribution in [0.1, 0.15) is 24.1 Å². The van der Waals surface area contributed by atoms with Crippen LogP contribution in [-0.4, -0.2) is 19.6 Å². The topological polar surface area (TPSA) is 45.3 Å². The van der Waals surface area contributed by atoms with E-state index in [0.717, 1.165) is 12.3 Å². The van der Waals surface area contributed by atoms with Gasteiger partial charge in [-0.2, -0.15) is 0 Å². The van der Waals surface area contributed by atoms with Gasteiger partial charge in [0, 0.05) is 12.6 Å². The first-order valence-electron chi connectivity index (χ1n) is 8.20. The summed E-state index contributed by atoms with van der Waals surface area (Å²) in [5.41, 5.74) is 9.25. The van der Waals surface area contributed by atoms with Gasteiger partial charge in [0.2, 0.25) is 0 Å². The van der Waals surface area contributed by atoms with Crippen LogP contribution < -0.4 is 20.9 Å². The van der Waals surface area contributed by atoms with Gasteiger partial charge >= 0.3 is 0 Å². The molecule has 3 rings (SSSR count). The molecule has 1 aliphatic heterocycles. The van der Waals surface area contributed by atoms with Gasteiger partial charge < -0.3 is 10.1 Å². The number of hydrazine groups is 1. The van der Waals surface area contributed by atoms with Crippen LogP contribution in [0.25, 0.3) is 0 Å². The molecule has 4 heteroatoms. The average Bonchev–Trinajstić information content (AvgIpc) is 2.96. The second kappa shape index (κ2) is 7.59. The summed E-state index contributed by atoms with van der Waals surface area (Å²) in [5, 5.41) is 3.23. The van der Waals surface area contributed by atoms with Gasteiger partial charge in [-0.15, -0.1) is 0 Å². The molecule has 0 radical (unpaired) electrons. The predicted molar refractivity (Wildman–Crippen MR) is 93.1 cm³/mol. The van der Waals surface area contributed by atoms with E-state index in [4.69, 9.17) is 4.74 Å². The van der Waals surface area contributed by atoms with E-state index in [9.17, 15) is 0 Å². The van der Waals surface area contributed by atoms with E-state index in [1.54, 1.807) is 0 Å². The van der Waals surface area contributed by atoms with Crippen LogP contribution in [0.2, 0.25) is 0 Å². The van der Waals surface area contributed by atoms with Gasteiger partial charge in [-0.05, 0) is 36.2 Å². The summed E-state index contributed by atoms with van der Waals surface area (Å²) in [6.07, 6.45) is 0. The molecular formula is C19H25N3O. The first-order chi connectivity index (χ1) is 11.3. The third kappa shape index (κ3) is 3.91. The van der Waals surface area contributed by atoms with Crippen LogP contribution in [0.4, 0.5) is 0 Å². The number of ether oxygens (including phenoxy) is 1. The summed E-state index contributed by atoms with van der Waals surface area (Å²) in [4.78, 5) is 0. The van der Waals surface area contributed by atoms with Crippen LogP contribution >= 0.6 is 0 Å². The Morgan fingerprint density at radius 2 is 1.74 bits per heavy atom. The largest absolute Gasteiger partial charge is 0.489 e. The van der Waals surface area contributed by atoms with Crippen molar-refractivity contribution in [1.82, 2.24) is 16.2 Å². The van der Waals surface area contributed by atoms with E-state index < -0.39 is 0 Å². The fraction of sp³-hybridized carbons (Fsp3) is 0.368. The monoisotopic (exact) mass is 311 g/mol. The number of hydrogen-bond acceptors (Lipinski definition) is 4. The van der Waals surface area contributed by atoms with Crippen molar-refractivity contribution in [3.8, 4) is 5.75 Å². The minimum Gasteiger partial charge on any atom is -0.489 e. The standard InChI is InChI=1S/C19H25N3O/c1-14-18(12-20-2)21-22-19(14)16-8-10-17(11-9-16)23-13-15-6-4-3-5-7-15/h3-11,14,18-22H,12-13H2,1-2H3. The summed E-state index contributed by atoms with van der Waals surface area (Å²) >= 11 is 0. The maximum Gasteiger partial charge on any atom is 0.119 e. The minimum atomic E-state index is 0.330. The SMILES string of the molecule is CNCC1NNC(c2ccc(OCc3ccccc3)cc2)C1C. The van der Waals surface area contributed by atoms with Crippen LogP contribution in [0.5, 0.6) is 5.75 Å². The van der Waals surface area contributed by atoms with Crippen molar-refractivity contribution in [2.24, 2.45) is 5.92 Å². The smallest absolute Gasteiger partial charge is 0.119 e. The summed E-state index contributed by atoms with van der Waals surface area (Å²) in [5.74, 6) is 1.43. The molecule has 2 aromatic rings. The van der Waals surface area contributed by atoms with Crippen molar-refractivity contribution in [2.75, 3.05) is 13.6 Å². The maximum atomic E-state index is 5.85. The molecule has 1 aliphatic rings. The third-order valence-electron chi connectivity index (χ3n) is 4.50. The van der Waals surface area contributed by atoms with Crippen molar-refractivity contribution in [3.63, 3.8) is 0 Å². The number of benzene rings is 2. The maximum absolute atomic E-state index is 5.85. The second-order valence-corrected chi connectivity index (χ2v) is 6.13. The quantitative estimate of drug-likeness (QED) is 0.767. The summed E-state index contributed by atoms with van der Waals surface area (Å²) < 4.78 is 5.85. The lowest BCUT2D eigenvalue weighted by atomic mass is 9.91. The molecule has 3 unspecified atom stereocenters. The molecule has 1 saturated heterocycles. The molecule has 2 aromatic carbocycles. The minimum absolute atomic E-state index is 0.330. The van der Waals surface area contributed by atoms with Gasteiger partial charge in [-0.3, -0.25) is 5.43 Å². The van der Waals surface area contributed by atoms with Crippen LogP contribution in [0.15, 0.2) is 54.6 Å². The van der Waals surface area contributed by atoms with Crippen LogP contribution in [-0.2, 0) is 6.61 Å². The Hall–Kier alpha value is -1.88. The Morgan fingerprint density at radius 3 is 2.43 bits per heavy atom. The first-order valence-corrected chi connectivity index (χ1v) is 8.20. The van der Waals surface area contributed by atoms with Gasteiger partial charge in [-0.25, -0.2) is 5.43 Å². The summed E-state index contributed by atoms with van der Waals surface area (Å²) in [6.45, 7) is 3.84. The average molecular weight is 311 g/mol. The Balaban J connectivity index is 1.59. The molecule has 23 heavy (non-hydrogen) atoms. The Bertz CT molecular complexity index is 600. The molecule has 0 spiro atoms. The zero-order valence-corrected chi connectivity index (χ0v) is 13.8. The Morgan fingerprint density at radius 1 is 1.00 bits per heavy atom. The highest BCUT2D eigenvalue weighted by molar-refractivity contribution is 5.30. The molecule has 0 aromatic heterocycles. The van der Waals surface area contributed by atoms with Crippen molar-refractivity contribution in [2.45, 2.75) is 25.6 Å². The zero-order valence-electron chi connectivity index (χ0n) is 13.8. The van der Waals surface area contributed by atoms with E-state index >= 15 is 0 Å². The van der Waals surface area contributed by atoms with E-state index in [0.29, 0.717) is 24.6 Å². The molecule has 1 fully saturated rings. The molecular weight excluding hydrogens is 286 g/mol. The normalized spacial score (nSPS) is 23.8. The summed E-state index contributed by atoms with van der Waals surface area (Å²) in [7, 11) is 1.99. The fourth-order valence-corrected chi connectivity index (χ4v) is 3.05. The first kappa shape index (κ1) is 16.0. The molecule has 0 amide bonds.